The van der Waals surface area contributed by atoms with E-state index in [1.807, 2.05) is 0 Å². The highest BCUT2D eigenvalue weighted by Gasteiger charge is 2.52. The molecule has 1 aliphatic rings. The van der Waals surface area contributed by atoms with Crippen LogP contribution in [-0.4, -0.2) is 22.9 Å². The quantitative estimate of drug-likeness (QED) is 0.317. The summed E-state index contributed by atoms with van der Waals surface area (Å²) in [7, 11) is -0.429. The molecule has 1 aliphatic heterocycles. The molecule has 0 radical (unpaired) electrons. The average Bonchev–Trinajstić information content (AvgIpc) is 3.24. The van der Waals surface area contributed by atoms with E-state index in [9.17, 15) is 0 Å². The number of nitrogens with zero attached hydrogens (tertiary/aromatic N) is 1. The number of fused-ring (bicyclic) bond motifs is 5. The van der Waals surface area contributed by atoms with E-state index in [1.54, 1.807) is 0 Å². The van der Waals surface area contributed by atoms with Gasteiger partial charge in [-0.05, 0) is 56.7 Å². The number of rotatable bonds is 2. The molecule has 0 aliphatic carbocycles. The summed E-state index contributed by atoms with van der Waals surface area (Å²) in [6, 6.07) is 30.1. The minimum Gasteiger partial charge on any atom is -0.399 e. The molecule has 3 nitrogen and oxygen atoms in total. The minimum absolute atomic E-state index is 0.395. The Kier molecular flexibility index (Phi) is 4.11. The van der Waals surface area contributed by atoms with Crippen LogP contribution in [0.5, 0.6) is 0 Å². The second-order valence-electron chi connectivity index (χ2n) is 9.69. The van der Waals surface area contributed by atoms with Gasteiger partial charge in [0.1, 0.15) is 0 Å². The van der Waals surface area contributed by atoms with Crippen molar-refractivity contribution >= 4 is 45.2 Å². The summed E-state index contributed by atoms with van der Waals surface area (Å²) >= 11 is 0. The number of benzene rings is 4. The molecule has 0 saturated carbocycles. The molecule has 0 amide bonds. The van der Waals surface area contributed by atoms with Gasteiger partial charge in [0.15, 0.2) is 0 Å². The Bertz CT molecular complexity index is 1470. The molecule has 0 spiro atoms. The molecule has 1 saturated heterocycles. The Morgan fingerprint density at radius 2 is 1.28 bits per heavy atom. The molecule has 158 valence electrons. The van der Waals surface area contributed by atoms with Gasteiger partial charge in [-0.3, -0.25) is 0 Å². The van der Waals surface area contributed by atoms with Gasteiger partial charge in [0.2, 0.25) is 0 Å². The van der Waals surface area contributed by atoms with Gasteiger partial charge in [-0.15, -0.1) is 0 Å². The summed E-state index contributed by atoms with van der Waals surface area (Å²) in [5.74, 6) is 0. The number of para-hydroxylation sites is 2. The Morgan fingerprint density at radius 1 is 0.688 bits per heavy atom. The maximum absolute atomic E-state index is 6.54. The highest BCUT2D eigenvalue weighted by Crippen LogP contribution is 2.40. The molecule has 1 aromatic heterocycles. The van der Waals surface area contributed by atoms with Crippen molar-refractivity contribution in [2.75, 3.05) is 0 Å². The van der Waals surface area contributed by atoms with Gasteiger partial charge >= 0.3 is 7.12 Å². The van der Waals surface area contributed by atoms with E-state index in [1.165, 1.54) is 32.6 Å². The lowest BCUT2D eigenvalue weighted by Crippen LogP contribution is -2.41. The third-order valence-electron chi connectivity index (χ3n) is 7.21. The van der Waals surface area contributed by atoms with Gasteiger partial charge in [-0.1, -0.05) is 66.7 Å². The van der Waals surface area contributed by atoms with E-state index in [0.29, 0.717) is 0 Å². The first-order valence-corrected chi connectivity index (χ1v) is 11.2. The van der Waals surface area contributed by atoms with E-state index in [-0.39, 0.29) is 0 Å². The maximum Gasteiger partial charge on any atom is 0.495 e. The van der Waals surface area contributed by atoms with Crippen LogP contribution in [0.25, 0.3) is 38.3 Å². The molecule has 0 atom stereocenters. The summed E-state index contributed by atoms with van der Waals surface area (Å²) in [6.45, 7) is 8.44. The zero-order valence-electron chi connectivity index (χ0n) is 18.9. The molecule has 0 bridgehead atoms. The fraction of sp³-hybridized carbons (Fsp3) is 0.214. The average molecular weight is 419 g/mol. The lowest BCUT2D eigenvalue weighted by atomic mass is 9.75. The Labute approximate surface area is 188 Å². The molecule has 32 heavy (non-hydrogen) atoms. The van der Waals surface area contributed by atoms with Crippen LogP contribution >= 0.6 is 0 Å². The molecule has 6 rings (SSSR count). The summed E-state index contributed by atoms with van der Waals surface area (Å²) in [4.78, 5) is 0. The van der Waals surface area contributed by atoms with Crippen LogP contribution in [0.1, 0.15) is 27.7 Å². The third-order valence-corrected chi connectivity index (χ3v) is 7.21. The van der Waals surface area contributed by atoms with Crippen LogP contribution in [0.4, 0.5) is 0 Å². The number of hydrogen-bond donors (Lipinski definition) is 0. The van der Waals surface area contributed by atoms with Crippen LogP contribution in [-0.2, 0) is 9.31 Å². The first-order valence-electron chi connectivity index (χ1n) is 11.2. The first kappa shape index (κ1) is 19.6. The summed E-state index contributed by atoms with van der Waals surface area (Å²) in [5.41, 5.74) is 3.82. The first-order chi connectivity index (χ1) is 15.4. The smallest absolute Gasteiger partial charge is 0.399 e. The van der Waals surface area contributed by atoms with Crippen LogP contribution < -0.4 is 5.46 Å². The molecule has 4 heteroatoms. The monoisotopic (exact) mass is 419 g/mol. The van der Waals surface area contributed by atoms with Crippen molar-refractivity contribution in [3.05, 3.63) is 84.9 Å². The van der Waals surface area contributed by atoms with Crippen LogP contribution in [0.2, 0.25) is 0 Å². The summed E-state index contributed by atoms with van der Waals surface area (Å²) < 4.78 is 15.5. The molecule has 0 unspecified atom stereocenters. The van der Waals surface area contributed by atoms with E-state index < -0.39 is 18.3 Å². The maximum atomic E-state index is 6.54. The highest BCUT2D eigenvalue weighted by atomic mass is 16.7. The van der Waals surface area contributed by atoms with Crippen molar-refractivity contribution in [1.29, 1.82) is 0 Å². The second kappa shape index (κ2) is 6.71. The van der Waals surface area contributed by atoms with Crippen molar-refractivity contribution in [2.24, 2.45) is 0 Å². The standard InChI is InChI=1S/C28H26BNO2/c1-27(2)28(3,4)32-29(31-27)23-18-19-12-8-9-15-21(19)26-25(23)22-16-10-11-17-24(22)30(26)20-13-6-5-7-14-20/h5-18H,1-4H3. The van der Waals surface area contributed by atoms with Crippen molar-refractivity contribution in [3.8, 4) is 5.69 Å². The summed E-state index contributed by atoms with van der Waals surface area (Å²) in [5, 5.41) is 4.82. The fourth-order valence-corrected chi connectivity index (χ4v) is 4.87. The van der Waals surface area contributed by atoms with E-state index in [0.717, 1.165) is 11.2 Å². The lowest BCUT2D eigenvalue weighted by molar-refractivity contribution is 0.00578. The number of aromatic nitrogens is 1. The lowest BCUT2D eigenvalue weighted by Gasteiger charge is -2.32. The van der Waals surface area contributed by atoms with Gasteiger partial charge in [0.25, 0.3) is 0 Å². The molecular weight excluding hydrogens is 393 g/mol. The van der Waals surface area contributed by atoms with Crippen molar-refractivity contribution in [2.45, 2.75) is 38.9 Å². The normalized spacial score (nSPS) is 17.6. The van der Waals surface area contributed by atoms with Crippen LogP contribution in [0.15, 0.2) is 84.9 Å². The minimum atomic E-state index is -0.429. The van der Waals surface area contributed by atoms with Crippen LogP contribution in [0.3, 0.4) is 0 Å². The predicted octanol–water partition coefficient (Wildman–Crippen LogP) is 6.24. The highest BCUT2D eigenvalue weighted by molar-refractivity contribution is 6.66. The predicted molar refractivity (Wildman–Crippen MR) is 134 cm³/mol. The summed E-state index contributed by atoms with van der Waals surface area (Å²) in [6.07, 6.45) is 0. The largest absolute Gasteiger partial charge is 0.495 e. The van der Waals surface area contributed by atoms with Gasteiger partial charge in [0.05, 0.1) is 22.2 Å². The van der Waals surface area contributed by atoms with E-state index >= 15 is 0 Å². The molecule has 2 heterocycles. The molecule has 0 N–H and O–H groups in total. The zero-order chi connectivity index (χ0) is 22.1. The van der Waals surface area contributed by atoms with Crippen molar-refractivity contribution in [3.63, 3.8) is 0 Å². The van der Waals surface area contributed by atoms with Gasteiger partial charge < -0.3 is 13.9 Å². The van der Waals surface area contributed by atoms with Gasteiger partial charge in [-0.25, -0.2) is 0 Å². The fourth-order valence-electron chi connectivity index (χ4n) is 4.87. The topological polar surface area (TPSA) is 23.4 Å². The molecule has 4 aromatic carbocycles. The SMILES string of the molecule is CC1(C)OB(c2cc3ccccc3c3c2c2ccccc2n3-c2ccccc2)OC1(C)C. The Hall–Kier alpha value is -3.08. The zero-order valence-corrected chi connectivity index (χ0v) is 18.9. The molecular formula is C28H26BNO2. The van der Waals surface area contributed by atoms with Crippen molar-refractivity contribution in [1.82, 2.24) is 4.57 Å². The number of hydrogen-bond acceptors (Lipinski definition) is 2. The van der Waals surface area contributed by atoms with Gasteiger partial charge in [0, 0.05) is 21.8 Å². The third kappa shape index (κ3) is 2.70. The Morgan fingerprint density at radius 3 is 2.00 bits per heavy atom. The van der Waals surface area contributed by atoms with E-state index in [4.69, 9.17) is 9.31 Å². The van der Waals surface area contributed by atoms with E-state index in [2.05, 4.69) is 117 Å². The Balaban J connectivity index is 1.78. The second-order valence-corrected chi connectivity index (χ2v) is 9.69. The van der Waals surface area contributed by atoms with Gasteiger partial charge in [-0.2, -0.15) is 0 Å². The molecule has 5 aromatic rings. The molecule has 1 fully saturated rings. The van der Waals surface area contributed by atoms with Crippen LogP contribution in [0, 0.1) is 0 Å². The van der Waals surface area contributed by atoms with Crippen molar-refractivity contribution < 1.29 is 9.31 Å².